The summed E-state index contributed by atoms with van der Waals surface area (Å²) in [6.45, 7) is 21.9. The molecule has 0 saturated carbocycles. The first-order valence-electron chi connectivity index (χ1n) is 9.61. The third-order valence-electron chi connectivity index (χ3n) is 5.86. The number of hydrogen-bond donors (Lipinski definition) is 1. The Balaban J connectivity index is 0.00000312. The van der Waals surface area contributed by atoms with E-state index in [1.54, 1.807) is 0 Å². The molecule has 2 aliphatic heterocycles. The summed E-state index contributed by atoms with van der Waals surface area (Å²) in [5, 5.41) is 3.47. The van der Waals surface area contributed by atoms with E-state index in [0.717, 1.165) is 51.6 Å². The zero-order valence-electron chi connectivity index (χ0n) is 17.3. The van der Waals surface area contributed by atoms with Crippen LogP contribution in [0.4, 0.5) is 0 Å². The van der Waals surface area contributed by atoms with Gasteiger partial charge in [0.05, 0.1) is 12.2 Å². The molecule has 25 heavy (non-hydrogen) atoms. The number of guanidine groups is 1. The van der Waals surface area contributed by atoms with Crippen LogP contribution in [0.3, 0.4) is 0 Å². The van der Waals surface area contributed by atoms with Gasteiger partial charge in [-0.1, -0.05) is 13.8 Å². The molecule has 2 heterocycles. The molecule has 0 aromatic heterocycles. The van der Waals surface area contributed by atoms with Gasteiger partial charge in [0.2, 0.25) is 0 Å². The van der Waals surface area contributed by atoms with Crippen molar-refractivity contribution >= 4 is 29.9 Å². The van der Waals surface area contributed by atoms with Gasteiger partial charge in [-0.05, 0) is 41.0 Å². The van der Waals surface area contributed by atoms with Crippen molar-refractivity contribution in [3.05, 3.63) is 0 Å². The van der Waals surface area contributed by atoms with Crippen molar-refractivity contribution in [3.63, 3.8) is 0 Å². The summed E-state index contributed by atoms with van der Waals surface area (Å²) in [7, 11) is 0. The second-order valence-electron chi connectivity index (χ2n) is 8.64. The van der Waals surface area contributed by atoms with Gasteiger partial charge in [-0.15, -0.1) is 24.0 Å². The Morgan fingerprint density at radius 2 is 1.76 bits per heavy atom. The first kappa shape index (κ1) is 23.0. The molecule has 2 fully saturated rings. The second-order valence-corrected chi connectivity index (χ2v) is 8.64. The third-order valence-corrected chi connectivity index (χ3v) is 5.86. The average Bonchev–Trinajstić information content (AvgIpc) is 2.47. The van der Waals surface area contributed by atoms with Gasteiger partial charge in [0, 0.05) is 50.2 Å². The molecular formula is C19H39IN4O. The summed E-state index contributed by atoms with van der Waals surface area (Å²) < 4.78 is 5.80. The van der Waals surface area contributed by atoms with Gasteiger partial charge < -0.3 is 15.0 Å². The Kier molecular flexibility index (Phi) is 8.47. The zero-order chi connectivity index (χ0) is 18.0. The largest absolute Gasteiger partial charge is 0.373 e. The van der Waals surface area contributed by atoms with Crippen LogP contribution >= 0.6 is 24.0 Å². The van der Waals surface area contributed by atoms with Crippen molar-refractivity contribution in [2.24, 2.45) is 10.4 Å². The number of aliphatic imine (C=N–C) groups is 1. The fourth-order valence-corrected chi connectivity index (χ4v) is 3.74. The lowest BCUT2D eigenvalue weighted by Gasteiger charge is -2.62. The maximum absolute atomic E-state index is 5.80. The number of nitrogens with one attached hydrogen (secondary N) is 1. The van der Waals surface area contributed by atoms with Gasteiger partial charge in [-0.25, -0.2) is 0 Å². The molecule has 0 amide bonds. The summed E-state index contributed by atoms with van der Waals surface area (Å²) in [5.41, 5.74) is 0.492. The number of nitrogens with zero attached hydrogens (tertiary/aromatic N) is 3. The van der Waals surface area contributed by atoms with E-state index in [0.29, 0.717) is 17.6 Å². The number of halogens is 1. The minimum Gasteiger partial charge on any atom is -0.373 e. The molecule has 0 aromatic carbocycles. The SMILES string of the molecule is CCNC(=NCCCN1CC(C)OC(C)C1)N1CC(C)(C)C1(C)C.I. The quantitative estimate of drug-likeness (QED) is 0.293. The Morgan fingerprint density at radius 1 is 1.16 bits per heavy atom. The normalized spacial score (nSPS) is 28.9. The molecule has 148 valence electrons. The van der Waals surface area contributed by atoms with E-state index in [4.69, 9.17) is 9.73 Å². The smallest absolute Gasteiger partial charge is 0.194 e. The van der Waals surface area contributed by atoms with E-state index in [1.807, 2.05) is 0 Å². The lowest BCUT2D eigenvalue weighted by atomic mass is 9.65. The molecule has 5 nitrogen and oxygen atoms in total. The van der Waals surface area contributed by atoms with E-state index in [2.05, 4.69) is 63.6 Å². The number of morpholine rings is 1. The van der Waals surface area contributed by atoms with Crippen molar-refractivity contribution in [3.8, 4) is 0 Å². The van der Waals surface area contributed by atoms with Gasteiger partial charge in [0.1, 0.15) is 0 Å². The van der Waals surface area contributed by atoms with Crippen LogP contribution in [0.1, 0.15) is 54.9 Å². The van der Waals surface area contributed by atoms with Crippen LogP contribution in [0.25, 0.3) is 0 Å². The third kappa shape index (κ3) is 5.45. The number of likely N-dealkylation sites (tertiary alicyclic amines) is 1. The lowest BCUT2D eigenvalue weighted by molar-refractivity contribution is -0.0684. The highest BCUT2D eigenvalue weighted by atomic mass is 127. The van der Waals surface area contributed by atoms with E-state index in [1.165, 1.54) is 0 Å². The molecule has 0 aliphatic carbocycles. The van der Waals surface area contributed by atoms with Gasteiger partial charge in [0.15, 0.2) is 5.96 Å². The highest BCUT2D eigenvalue weighted by Crippen LogP contribution is 2.46. The molecule has 2 unspecified atom stereocenters. The topological polar surface area (TPSA) is 40.1 Å². The highest BCUT2D eigenvalue weighted by Gasteiger charge is 2.53. The molecule has 0 radical (unpaired) electrons. The molecule has 2 rings (SSSR count). The molecule has 0 spiro atoms. The minimum atomic E-state index is 0. The molecule has 6 heteroatoms. The molecule has 0 aromatic rings. The first-order valence-corrected chi connectivity index (χ1v) is 9.61. The van der Waals surface area contributed by atoms with Crippen molar-refractivity contribution in [2.45, 2.75) is 72.6 Å². The van der Waals surface area contributed by atoms with Gasteiger partial charge in [-0.2, -0.15) is 0 Å². The van der Waals surface area contributed by atoms with Crippen LogP contribution in [0.15, 0.2) is 4.99 Å². The fourth-order valence-electron chi connectivity index (χ4n) is 3.74. The van der Waals surface area contributed by atoms with Crippen molar-refractivity contribution in [1.29, 1.82) is 0 Å². The number of ether oxygens (including phenoxy) is 1. The maximum atomic E-state index is 5.80. The molecular weight excluding hydrogens is 427 g/mol. The Hall–Kier alpha value is -0.0800. The summed E-state index contributed by atoms with van der Waals surface area (Å²) in [6.07, 6.45) is 1.80. The van der Waals surface area contributed by atoms with Crippen molar-refractivity contribution < 1.29 is 4.74 Å². The molecule has 1 N–H and O–H groups in total. The summed E-state index contributed by atoms with van der Waals surface area (Å²) >= 11 is 0. The van der Waals surface area contributed by atoms with Gasteiger partial charge in [0.25, 0.3) is 0 Å². The summed E-state index contributed by atoms with van der Waals surface area (Å²) in [6, 6.07) is 0. The van der Waals surface area contributed by atoms with Crippen LogP contribution in [0, 0.1) is 5.41 Å². The highest BCUT2D eigenvalue weighted by molar-refractivity contribution is 14.0. The minimum absolute atomic E-state index is 0. The number of rotatable bonds is 5. The molecule has 2 aliphatic rings. The summed E-state index contributed by atoms with van der Waals surface area (Å²) in [4.78, 5) is 9.83. The lowest BCUT2D eigenvalue weighted by Crippen LogP contribution is -2.72. The van der Waals surface area contributed by atoms with Crippen LogP contribution < -0.4 is 5.32 Å². The predicted octanol–water partition coefficient (Wildman–Crippen LogP) is 3.19. The Bertz CT molecular complexity index is 443. The Morgan fingerprint density at radius 3 is 2.24 bits per heavy atom. The molecule has 2 atom stereocenters. The van der Waals surface area contributed by atoms with Gasteiger partial charge >= 0.3 is 0 Å². The van der Waals surface area contributed by atoms with Crippen LogP contribution in [-0.2, 0) is 4.74 Å². The van der Waals surface area contributed by atoms with E-state index in [-0.39, 0.29) is 29.5 Å². The van der Waals surface area contributed by atoms with Gasteiger partial charge in [-0.3, -0.25) is 9.89 Å². The zero-order valence-corrected chi connectivity index (χ0v) is 19.6. The van der Waals surface area contributed by atoms with Crippen LogP contribution in [0.5, 0.6) is 0 Å². The monoisotopic (exact) mass is 466 g/mol. The number of hydrogen-bond acceptors (Lipinski definition) is 3. The average molecular weight is 466 g/mol. The predicted molar refractivity (Wildman–Crippen MR) is 117 cm³/mol. The van der Waals surface area contributed by atoms with Crippen molar-refractivity contribution in [1.82, 2.24) is 15.1 Å². The van der Waals surface area contributed by atoms with Crippen LogP contribution in [-0.4, -0.2) is 72.8 Å². The molecule has 2 saturated heterocycles. The second kappa shape index (κ2) is 9.22. The standard InChI is InChI=1S/C19H38N4O.HI/c1-8-20-17(23-14-18(4,5)19(23,6)7)21-10-9-11-22-12-15(2)24-16(3)13-22;/h15-16H,8-14H2,1-7H3,(H,20,21);1H. The summed E-state index contributed by atoms with van der Waals surface area (Å²) in [5.74, 6) is 1.07. The Labute approximate surface area is 172 Å². The van der Waals surface area contributed by atoms with Crippen LogP contribution in [0.2, 0.25) is 0 Å². The van der Waals surface area contributed by atoms with E-state index >= 15 is 0 Å². The molecule has 0 bridgehead atoms. The van der Waals surface area contributed by atoms with Crippen molar-refractivity contribution in [2.75, 3.05) is 39.3 Å². The fraction of sp³-hybridized carbons (Fsp3) is 0.947. The maximum Gasteiger partial charge on any atom is 0.194 e. The first-order chi connectivity index (χ1) is 11.2. The van der Waals surface area contributed by atoms with E-state index in [9.17, 15) is 0 Å². The van der Waals surface area contributed by atoms with E-state index < -0.39 is 0 Å².